The Balaban J connectivity index is 4.14. The molecule has 0 aromatic heterocycles. The molecule has 0 aliphatic carbocycles. The van der Waals surface area contributed by atoms with E-state index in [0.717, 1.165) is 0 Å². The lowest BCUT2D eigenvalue weighted by Gasteiger charge is -2.26. The van der Waals surface area contributed by atoms with E-state index in [1.807, 2.05) is 27.7 Å². The van der Waals surface area contributed by atoms with Crippen molar-refractivity contribution < 1.29 is 8.76 Å². The van der Waals surface area contributed by atoms with E-state index in [-0.39, 0.29) is 6.04 Å². The van der Waals surface area contributed by atoms with Crippen molar-refractivity contribution in [1.29, 1.82) is 0 Å². The Bertz CT molecular complexity index is 138. The van der Waals surface area contributed by atoms with Crippen LogP contribution in [0.15, 0.2) is 0 Å². The lowest BCUT2D eigenvalue weighted by Crippen LogP contribution is -2.37. The first-order chi connectivity index (χ1) is 5.00. The largest absolute Gasteiger partial charge is 0.294 e. The van der Waals surface area contributed by atoms with Crippen LogP contribution in [0.25, 0.3) is 0 Å². The van der Waals surface area contributed by atoms with Gasteiger partial charge in [0.05, 0.1) is 0 Å². The van der Waals surface area contributed by atoms with Gasteiger partial charge in [-0.1, -0.05) is 20.8 Å². The van der Waals surface area contributed by atoms with Crippen molar-refractivity contribution >= 4 is 11.3 Å². The van der Waals surface area contributed by atoms with Gasteiger partial charge in [-0.05, 0) is 12.8 Å². The maximum Gasteiger partial charge on any atom is 0.234 e. The molecule has 0 bridgehead atoms. The molecule has 0 saturated carbocycles. The maximum absolute atomic E-state index is 10.7. The lowest BCUT2D eigenvalue weighted by molar-refractivity contribution is 0.281. The zero-order chi connectivity index (χ0) is 9.02. The second kappa shape index (κ2) is 4.85. The topological polar surface area (TPSA) is 40.5 Å². The monoisotopic (exact) mass is 179 g/mol. The van der Waals surface area contributed by atoms with E-state index in [4.69, 9.17) is 4.55 Å². The zero-order valence-corrected chi connectivity index (χ0v) is 8.39. The predicted octanol–water partition coefficient (Wildman–Crippen LogP) is 1.49. The van der Waals surface area contributed by atoms with E-state index in [1.165, 1.54) is 0 Å². The Labute approximate surface area is 71.2 Å². The van der Waals surface area contributed by atoms with Gasteiger partial charge in [-0.25, -0.2) is 4.21 Å². The summed E-state index contributed by atoms with van der Waals surface area (Å²) in [5, 5.41) is 0. The summed E-state index contributed by atoms with van der Waals surface area (Å²) in [6, 6.07) is 0.158. The van der Waals surface area contributed by atoms with Crippen LogP contribution in [0.4, 0.5) is 0 Å². The highest BCUT2D eigenvalue weighted by Gasteiger charge is 2.19. The fraction of sp³-hybridized carbons (Fsp3) is 1.00. The van der Waals surface area contributed by atoms with Crippen LogP contribution in [0, 0.1) is 5.92 Å². The van der Waals surface area contributed by atoms with Gasteiger partial charge in [0.25, 0.3) is 0 Å². The van der Waals surface area contributed by atoms with Crippen LogP contribution in [-0.2, 0) is 11.3 Å². The summed E-state index contributed by atoms with van der Waals surface area (Å²) >= 11 is -1.82. The molecule has 0 aromatic carbocycles. The predicted molar refractivity (Wildman–Crippen MR) is 47.5 cm³/mol. The Morgan fingerprint density at radius 3 is 2.00 bits per heavy atom. The lowest BCUT2D eigenvalue weighted by atomic mass is 10.1. The molecular weight excluding hydrogens is 162 g/mol. The highest BCUT2D eigenvalue weighted by molar-refractivity contribution is 7.76. The molecule has 0 aromatic rings. The molecule has 4 heteroatoms. The Hall–Kier alpha value is 0.0700. The summed E-state index contributed by atoms with van der Waals surface area (Å²) in [6.45, 7) is 8.54. The Morgan fingerprint density at radius 1 is 1.45 bits per heavy atom. The molecule has 3 nitrogen and oxygen atoms in total. The molecule has 0 rings (SSSR count). The third-order valence-electron chi connectivity index (χ3n) is 1.93. The number of hydrogen-bond acceptors (Lipinski definition) is 1. The first kappa shape index (κ1) is 11.1. The molecule has 0 saturated heterocycles. The summed E-state index contributed by atoms with van der Waals surface area (Å²) < 4.78 is 21.1. The van der Waals surface area contributed by atoms with E-state index >= 15 is 0 Å². The molecule has 2 unspecified atom stereocenters. The molecule has 11 heavy (non-hydrogen) atoms. The van der Waals surface area contributed by atoms with Crippen molar-refractivity contribution in [3.05, 3.63) is 0 Å². The SMILES string of the molecule is CCN(C(C)C(C)C)S(=O)O. The zero-order valence-electron chi connectivity index (χ0n) is 7.57. The average molecular weight is 179 g/mol. The van der Waals surface area contributed by atoms with Crippen LogP contribution >= 0.6 is 0 Å². The van der Waals surface area contributed by atoms with Crippen molar-refractivity contribution in [2.45, 2.75) is 33.7 Å². The van der Waals surface area contributed by atoms with Crippen LogP contribution < -0.4 is 0 Å². The molecule has 0 amide bonds. The maximum atomic E-state index is 10.7. The minimum Gasteiger partial charge on any atom is -0.294 e. The van der Waals surface area contributed by atoms with Gasteiger partial charge >= 0.3 is 0 Å². The Kier molecular flexibility index (Phi) is 4.88. The molecule has 68 valence electrons. The van der Waals surface area contributed by atoms with Gasteiger partial charge in [0, 0.05) is 12.6 Å². The standard InChI is InChI=1S/C7H17NO2S/c1-5-8(11(9)10)7(4)6(2)3/h6-7H,5H2,1-4H3,(H,9,10). The first-order valence-electron chi connectivity index (χ1n) is 3.88. The summed E-state index contributed by atoms with van der Waals surface area (Å²) in [5.74, 6) is 0.408. The number of rotatable bonds is 4. The van der Waals surface area contributed by atoms with Gasteiger partial charge in [0.2, 0.25) is 11.3 Å². The van der Waals surface area contributed by atoms with E-state index in [9.17, 15) is 4.21 Å². The van der Waals surface area contributed by atoms with Gasteiger partial charge in [-0.15, -0.1) is 0 Å². The molecular formula is C7H17NO2S. The number of nitrogens with zero attached hydrogens (tertiary/aromatic N) is 1. The smallest absolute Gasteiger partial charge is 0.234 e. The Morgan fingerprint density at radius 2 is 1.91 bits per heavy atom. The van der Waals surface area contributed by atoms with E-state index in [0.29, 0.717) is 12.5 Å². The van der Waals surface area contributed by atoms with Crippen LogP contribution in [0.3, 0.4) is 0 Å². The fourth-order valence-corrected chi connectivity index (χ4v) is 1.62. The first-order valence-corrected chi connectivity index (χ1v) is 4.94. The van der Waals surface area contributed by atoms with Gasteiger partial charge < -0.3 is 0 Å². The summed E-state index contributed by atoms with van der Waals surface area (Å²) in [4.78, 5) is 0. The van der Waals surface area contributed by atoms with Crippen molar-refractivity contribution in [3.63, 3.8) is 0 Å². The molecule has 1 N–H and O–H groups in total. The van der Waals surface area contributed by atoms with Gasteiger partial charge in [-0.3, -0.25) is 4.55 Å². The average Bonchev–Trinajstić information content (AvgIpc) is 1.88. The van der Waals surface area contributed by atoms with Crippen molar-refractivity contribution in [3.8, 4) is 0 Å². The minimum absolute atomic E-state index is 0.158. The van der Waals surface area contributed by atoms with Crippen LogP contribution in [0.5, 0.6) is 0 Å². The quantitative estimate of drug-likeness (QED) is 0.664. The van der Waals surface area contributed by atoms with Crippen molar-refractivity contribution in [1.82, 2.24) is 4.31 Å². The number of hydrogen-bond donors (Lipinski definition) is 1. The molecule has 0 fully saturated rings. The third-order valence-corrected chi connectivity index (χ3v) is 2.92. The summed E-state index contributed by atoms with van der Waals surface area (Å²) in [7, 11) is 0. The van der Waals surface area contributed by atoms with Crippen LogP contribution in [0.1, 0.15) is 27.7 Å². The third kappa shape index (κ3) is 3.31. The van der Waals surface area contributed by atoms with Crippen LogP contribution in [0.2, 0.25) is 0 Å². The minimum atomic E-state index is -1.82. The molecule has 0 heterocycles. The van der Waals surface area contributed by atoms with E-state index in [2.05, 4.69) is 0 Å². The van der Waals surface area contributed by atoms with Crippen LogP contribution in [-0.4, -0.2) is 25.7 Å². The highest BCUT2D eigenvalue weighted by Crippen LogP contribution is 2.10. The van der Waals surface area contributed by atoms with Gasteiger partial charge in [-0.2, -0.15) is 4.31 Å². The normalized spacial score (nSPS) is 17.4. The molecule has 0 aliphatic heterocycles. The van der Waals surface area contributed by atoms with E-state index in [1.54, 1.807) is 4.31 Å². The molecule has 0 aliphatic rings. The second-order valence-corrected chi connectivity index (χ2v) is 3.88. The molecule has 0 radical (unpaired) electrons. The van der Waals surface area contributed by atoms with Gasteiger partial charge in [0.15, 0.2) is 0 Å². The van der Waals surface area contributed by atoms with Crippen molar-refractivity contribution in [2.75, 3.05) is 6.54 Å². The summed E-state index contributed by atoms with van der Waals surface area (Å²) in [6.07, 6.45) is 0. The van der Waals surface area contributed by atoms with Crippen molar-refractivity contribution in [2.24, 2.45) is 5.92 Å². The second-order valence-electron chi connectivity index (χ2n) is 2.95. The highest BCUT2D eigenvalue weighted by atomic mass is 32.2. The molecule has 2 atom stereocenters. The summed E-state index contributed by atoms with van der Waals surface area (Å²) in [5.41, 5.74) is 0. The fourth-order valence-electron chi connectivity index (χ4n) is 0.873. The van der Waals surface area contributed by atoms with E-state index < -0.39 is 11.3 Å². The van der Waals surface area contributed by atoms with Gasteiger partial charge in [0.1, 0.15) is 0 Å². The molecule has 0 spiro atoms.